The van der Waals surface area contributed by atoms with Crippen LogP contribution in [0.5, 0.6) is 0 Å². The third kappa shape index (κ3) is 2.88. The van der Waals surface area contributed by atoms with Gasteiger partial charge in [-0.25, -0.2) is 0 Å². The number of ketones is 1. The Bertz CT molecular complexity index is 349. The summed E-state index contributed by atoms with van der Waals surface area (Å²) in [5.74, 6) is 0.677. The van der Waals surface area contributed by atoms with Crippen LogP contribution in [0.3, 0.4) is 0 Å². The largest absolute Gasteiger partial charge is 0.294 e. The molecule has 1 unspecified atom stereocenters. The summed E-state index contributed by atoms with van der Waals surface area (Å²) >= 11 is 0. The Labute approximate surface area is 91.7 Å². The van der Waals surface area contributed by atoms with Crippen LogP contribution in [0.4, 0.5) is 0 Å². The van der Waals surface area contributed by atoms with Gasteiger partial charge in [0.15, 0.2) is 5.78 Å². The van der Waals surface area contributed by atoms with Crippen molar-refractivity contribution in [2.24, 2.45) is 11.8 Å². The maximum Gasteiger partial charge on any atom is 0.166 e. The summed E-state index contributed by atoms with van der Waals surface area (Å²) in [5, 5.41) is 0. The van der Waals surface area contributed by atoms with E-state index >= 15 is 0 Å². The van der Waals surface area contributed by atoms with Crippen LogP contribution in [0.2, 0.25) is 0 Å². The molecule has 0 N–H and O–H groups in total. The summed E-state index contributed by atoms with van der Waals surface area (Å²) in [7, 11) is 0. The fourth-order valence-corrected chi connectivity index (χ4v) is 1.54. The second kappa shape index (κ2) is 4.56. The predicted molar refractivity (Wildman–Crippen MR) is 62.0 cm³/mol. The minimum absolute atomic E-state index is 0.0752. The summed E-state index contributed by atoms with van der Waals surface area (Å²) in [6.07, 6.45) is 0. The minimum Gasteiger partial charge on any atom is -0.294 e. The highest BCUT2D eigenvalue weighted by Gasteiger charge is 2.18. The maximum absolute atomic E-state index is 12.1. The topological polar surface area (TPSA) is 30.0 Å². The molecule has 0 aliphatic rings. The van der Waals surface area contributed by atoms with E-state index < -0.39 is 0 Å². The SMILES string of the molecule is Cc1cc(C(=O)C(C)C(C)C)cc(C)n1. The van der Waals surface area contributed by atoms with Gasteiger partial charge in [-0.15, -0.1) is 0 Å². The normalized spacial score (nSPS) is 12.9. The van der Waals surface area contributed by atoms with Crippen molar-refractivity contribution in [2.45, 2.75) is 34.6 Å². The van der Waals surface area contributed by atoms with Crippen molar-refractivity contribution in [3.8, 4) is 0 Å². The summed E-state index contributed by atoms with van der Waals surface area (Å²) in [6.45, 7) is 9.97. The van der Waals surface area contributed by atoms with Crippen molar-refractivity contribution in [1.82, 2.24) is 4.98 Å². The van der Waals surface area contributed by atoms with Crippen LogP contribution < -0.4 is 0 Å². The number of hydrogen-bond acceptors (Lipinski definition) is 2. The molecule has 0 amide bonds. The number of Topliss-reactive ketones (excluding diaryl/α,β-unsaturated/α-hetero) is 1. The van der Waals surface area contributed by atoms with Crippen LogP contribution in [0.15, 0.2) is 12.1 Å². The number of carbonyl (C=O) groups excluding carboxylic acids is 1. The standard InChI is InChI=1S/C13H19NO/c1-8(2)11(5)13(15)12-6-9(3)14-10(4)7-12/h6-8,11H,1-5H3. The first-order valence-electron chi connectivity index (χ1n) is 5.41. The number of aromatic nitrogens is 1. The highest BCUT2D eigenvalue weighted by atomic mass is 16.1. The van der Waals surface area contributed by atoms with Crippen molar-refractivity contribution in [2.75, 3.05) is 0 Å². The Hall–Kier alpha value is -1.18. The highest BCUT2D eigenvalue weighted by molar-refractivity contribution is 5.97. The van der Waals surface area contributed by atoms with Crippen LogP contribution >= 0.6 is 0 Å². The molecule has 0 aliphatic heterocycles. The van der Waals surface area contributed by atoms with Gasteiger partial charge in [-0.2, -0.15) is 0 Å². The van der Waals surface area contributed by atoms with Crippen LogP contribution in [0, 0.1) is 25.7 Å². The molecule has 1 rings (SSSR count). The quantitative estimate of drug-likeness (QED) is 0.709. The summed E-state index contributed by atoms with van der Waals surface area (Å²) in [5.41, 5.74) is 2.62. The average molecular weight is 205 g/mol. The third-order valence-corrected chi connectivity index (χ3v) is 2.78. The Morgan fingerprint density at radius 3 is 2.00 bits per heavy atom. The lowest BCUT2D eigenvalue weighted by Gasteiger charge is -2.14. The monoisotopic (exact) mass is 205 g/mol. The fraction of sp³-hybridized carbons (Fsp3) is 0.538. The Kier molecular flexibility index (Phi) is 3.61. The second-order valence-corrected chi connectivity index (χ2v) is 4.54. The van der Waals surface area contributed by atoms with Gasteiger partial charge in [0.05, 0.1) is 0 Å². The maximum atomic E-state index is 12.1. The van der Waals surface area contributed by atoms with Crippen LogP contribution in [-0.2, 0) is 0 Å². The van der Waals surface area contributed by atoms with Gasteiger partial charge in [0.1, 0.15) is 0 Å². The average Bonchev–Trinajstić information content (AvgIpc) is 2.13. The molecule has 0 fully saturated rings. The Morgan fingerprint density at radius 2 is 1.60 bits per heavy atom. The fourth-order valence-electron chi connectivity index (χ4n) is 1.54. The molecule has 2 nitrogen and oxygen atoms in total. The number of nitrogens with zero attached hydrogens (tertiary/aromatic N) is 1. The van der Waals surface area contributed by atoms with Crippen molar-refractivity contribution in [3.63, 3.8) is 0 Å². The molecular weight excluding hydrogens is 186 g/mol. The number of hydrogen-bond donors (Lipinski definition) is 0. The van der Waals surface area contributed by atoms with Gasteiger partial charge in [-0.05, 0) is 31.9 Å². The number of rotatable bonds is 3. The first kappa shape index (κ1) is 11.9. The van der Waals surface area contributed by atoms with Crippen molar-refractivity contribution in [3.05, 3.63) is 29.1 Å². The molecule has 1 heterocycles. The lowest BCUT2D eigenvalue weighted by atomic mass is 9.89. The van der Waals surface area contributed by atoms with Gasteiger partial charge in [0.2, 0.25) is 0 Å². The summed E-state index contributed by atoms with van der Waals surface area (Å²) in [4.78, 5) is 16.3. The van der Waals surface area contributed by atoms with E-state index in [2.05, 4.69) is 18.8 Å². The first-order valence-corrected chi connectivity index (χ1v) is 5.41. The molecule has 0 spiro atoms. The third-order valence-electron chi connectivity index (χ3n) is 2.78. The molecule has 82 valence electrons. The van der Waals surface area contributed by atoms with E-state index in [1.54, 1.807) is 0 Å². The lowest BCUT2D eigenvalue weighted by molar-refractivity contribution is 0.0899. The molecule has 0 saturated carbocycles. The van der Waals surface area contributed by atoms with Crippen LogP contribution in [0.1, 0.15) is 42.5 Å². The van der Waals surface area contributed by atoms with E-state index in [1.165, 1.54) is 0 Å². The van der Waals surface area contributed by atoms with Gasteiger partial charge >= 0.3 is 0 Å². The molecule has 2 heteroatoms. The first-order chi connectivity index (χ1) is 6.91. The van der Waals surface area contributed by atoms with E-state index in [9.17, 15) is 4.79 Å². The highest BCUT2D eigenvalue weighted by Crippen LogP contribution is 2.17. The second-order valence-electron chi connectivity index (χ2n) is 4.54. The molecule has 0 aliphatic carbocycles. The minimum atomic E-state index is 0.0752. The van der Waals surface area contributed by atoms with E-state index in [0.29, 0.717) is 5.92 Å². The van der Waals surface area contributed by atoms with Gasteiger partial charge < -0.3 is 0 Å². The summed E-state index contributed by atoms with van der Waals surface area (Å²) in [6, 6.07) is 3.74. The zero-order valence-electron chi connectivity index (χ0n) is 10.2. The zero-order valence-corrected chi connectivity index (χ0v) is 10.2. The Morgan fingerprint density at radius 1 is 1.13 bits per heavy atom. The number of aryl methyl sites for hydroxylation is 2. The lowest BCUT2D eigenvalue weighted by Crippen LogP contribution is -2.17. The van der Waals surface area contributed by atoms with E-state index in [4.69, 9.17) is 0 Å². The molecule has 1 aromatic heterocycles. The van der Waals surface area contributed by atoms with Crippen molar-refractivity contribution >= 4 is 5.78 Å². The van der Waals surface area contributed by atoms with Gasteiger partial charge in [-0.3, -0.25) is 9.78 Å². The van der Waals surface area contributed by atoms with Crippen molar-refractivity contribution in [1.29, 1.82) is 0 Å². The van der Waals surface area contributed by atoms with Crippen LogP contribution in [-0.4, -0.2) is 10.8 Å². The number of pyridine rings is 1. The molecule has 1 atom stereocenters. The van der Waals surface area contributed by atoms with Gasteiger partial charge in [-0.1, -0.05) is 20.8 Å². The molecule has 0 aromatic carbocycles. The van der Waals surface area contributed by atoms with Crippen LogP contribution in [0.25, 0.3) is 0 Å². The zero-order chi connectivity index (χ0) is 11.6. The number of carbonyl (C=O) groups is 1. The van der Waals surface area contributed by atoms with E-state index in [-0.39, 0.29) is 11.7 Å². The molecule has 1 aromatic rings. The van der Waals surface area contributed by atoms with Crippen molar-refractivity contribution < 1.29 is 4.79 Å². The van der Waals surface area contributed by atoms with Gasteiger partial charge in [0.25, 0.3) is 0 Å². The van der Waals surface area contributed by atoms with E-state index in [1.807, 2.05) is 32.9 Å². The Balaban J connectivity index is 3.01. The molecular formula is C13H19NO. The molecule has 0 radical (unpaired) electrons. The molecule has 15 heavy (non-hydrogen) atoms. The summed E-state index contributed by atoms with van der Waals surface area (Å²) < 4.78 is 0. The van der Waals surface area contributed by atoms with Gasteiger partial charge in [0, 0.05) is 22.9 Å². The molecule has 0 bridgehead atoms. The smallest absolute Gasteiger partial charge is 0.166 e. The van der Waals surface area contributed by atoms with E-state index in [0.717, 1.165) is 17.0 Å². The predicted octanol–water partition coefficient (Wildman–Crippen LogP) is 3.17. The molecule has 0 saturated heterocycles.